The highest BCUT2D eigenvalue weighted by molar-refractivity contribution is 5.96. The molecule has 23 heavy (non-hydrogen) atoms. The van der Waals surface area contributed by atoms with Crippen LogP contribution in [0.25, 0.3) is 0 Å². The summed E-state index contributed by atoms with van der Waals surface area (Å²) >= 11 is 0. The van der Waals surface area contributed by atoms with E-state index in [1.165, 1.54) is 7.05 Å². The Hall–Kier alpha value is -1.56. The maximum atomic E-state index is 11.3. The minimum atomic E-state index is -1.67. The largest absolute Gasteiger partial charge is 0.394 e. The fourth-order valence-electron chi connectivity index (χ4n) is 1.50. The van der Waals surface area contributed by atoms with Crippen molar-refractivity contribution in [1.29, 1.82) is 0 Å². The molecule has 0 saturated carbocycles. The van der Waals surface area contributed by atoms with Crippen molar-refractivity contribution in [2.24, 2.45) is 0 Å². The Kier molecular flexibility index (Phi) is 11.1. The first kappa shape index (κ1) is 21.4. The lowest BCUT2D eigenvalue weighted by Gasteiger charge is -2.25. The molecule has 10 heteroatoms. The van der Waals surface area contributed by atoms with Gasteiger partial charge in [-0.1, -0.05) is 0 Å². The van der Waals surface area contributed by atoms with Crippen LogP contribution in [0.5, 0.6) is 0 Å². The molecule has 0 aromatic heterocycles. The van der Waals surface area contributed by atoms with E-state index in [9.17, 15) is 24.9 Å². The first-order valence-corrected chi connectivity index (χ1v) is 7.05. The summed E-state index contributed by atoms with van der Waals surface area (Å²) in [6.07, 6.45) is -4.07. The van der Waals surface area contributed by atoms with Crippen LogP contribution >= 0.6 is 0 Å². The summed E-state index contributed by atoms with van der Waals surface area (Å²) in [7, 11) is 1.44. The smallest absolute Gasteiger partial charge is 0.244 e. The molecule has 4 atom stereocenters. The van der Waals surface area contributed by atoms with Crippen molar-refractivity contribution < 1.29 is 35.1 Å². The molecule has 0 fully saturated rings. The fourth-order valence-corrected chi connectivity index (χ4v) is 1.50. The van der Waals surface area contributed by atoms with Crippen molar-refractivity contribution >= 4 is 11.8 Å². The standard InChI is InChI=1S/C13H25N3O7/c1-14-10(20)2-3-11(21)16-5-4-15-6-8(18)12(22)13(23)9(19)7-17/h2-3,8-9,12-13,15,17-19,22-23H,4-7H2,1H3,(H,14,20)(H,16,21)/b3-2-/t8-,9+,12+,13+/m0/s1. The van der Waals surface area contributed by atoms with Gasteiger partial charge < -0.3 is 41.5 Å². The molecule has 0 aliphatic heterocycles. The molecule has 0 rings (SSSR count). The summed E-state index contributed by atoms with van der Waals surface area (Å²) in [5, 5.41) is 53.9. The zero-order valence-corrected chi connectivity index (χ0v) is 12.8. The van der Waals surface area contributed by atoms with E-state index in [-0.39, 0.29) is 19.6 Å². The minimum absolute atomic E-state index is 0.0969. The average molecular weight is 335 g/mol. The van der Waals surface area contributed by atoms with E-state index in [0.717, 1.165) is 12.2 Å². The monoisotopic (exact) mass is 335 g/mol. The molecule has 0 aromatic rings. The zero-order valence-electron chi connectivity index (χ0n) is 12.8. The Bertz CT molecular complexity index is 392. The van der Waals surface area contributed by atoms with Gasteiger partial charge in [-0.25, -0.2) is 0 Å². The molecule has 0 aromatic carbocycles. The topological polar surface area (TPSA) is 171 Å². The second kappa shape index (κ2) is 11.9. The van der Waals surface area contributed by atoms with Gasteiger partial charge in [0, 0.05) is 38.8 Å². The lowest BCUT2D eigenvalue weighted by molar-refractivity contribution is -0.118. The number of amides is 2. The van der Waals surface area contributed by atoms with Crippen LogP contribution in [0, 0.1) is 0 Å². The number of likely N-dealkylation sites (N-methyl/N-ethyl adjacent to an activating group) is 1. The van der Waals surface area contributed by atoms with Gasteiger partial charge in [-0.05, 0) is 0 Å². The lowest BCUT2D eigenvalue weighted by atomic mass is 10.0. The van der Waals surface area contributed by atoms with Gasteiger partial charge in [-0.15, -0.1) is 0 Å². The Morgan fingerprint density at radius 1 is 0.957 bits per heavy atom. The van der Waals surface area contributed by atoms with Gasteiger partial charge in [0.25, 0.3) is 0 Å². The number of hydrogen-bond donors (Lipinski definition) is 8. The van der Waals surface area contributed by atoms with E-state index < -0.39 is 42.8 Å². The van der Waals surface area contributed by atoms with Gasteiger partial charge in [0.05, 0.1) is 12.7 Å². The van der Waals surface area contributed by atoms with Crippen LogP contribution in [0.4, 0.5) is 0 Å². The molecule has 0 radical (unpaired) electrons. The SMILES string of the molecule is CNC(=O)/C=C\C(=O)NCCNC[C@H](O)[C@@H](O)[C@H](O)[C@H](O)CO. The Morgan fingerprint density at radius 3 is 2.09 bits per heavy atom. The van der Waals surface area contributed by atoms with E-state index in [1.807, 2.05) is 0 Å². The van der Waals surface area contributed by atoms with E-state index in [0.29, 0.717) is 0 Å². The number of carbonyl (C=O) groups is 2. The average Bonchev–Trinajstić information content (AvgIpc) is 2.56. The molecule has 0 saturated heterocycles. The Morgan fingerprint density at radius 2 is 1.52 bits per heavy atom. The van der Waals surface area contributed by atoms with Crippen molar-refractivity contribution in [2.45, 2.75) is 24.4 Å². The third kappa shape index (κ3) is 9.23. The molecular formula is C13H25N3O7. The Labute approximate surface area is 133 Å². The normalized spacial score (nSPS) is 16.6. The maximum absolute atomic E-state index is 11.3. The van der Waals surface area contributed by atoms with Crippen LogP contribution in [0.1, 0.15) is 0 Å². The number of carbonyl (C=O) groups excluding carboxylic acids is 2. The van der Waals surface area contributed by atoms with Gasteiger partial charge >= 0.3 is 0 Å². The number of aliphatic hydroxyl groups is 5. The van der Waals surface area contributed by atoms with E-state index in [1.54, 1.807) is 0 Å². The highest BCUT2D eigenvalue weighted by atomic mass is 16.4. The summed E-state index contributed by atoms with van der Waals surface area (Å²) in [5.74, 6) is -0.864. The van der Waals surface area contributed by atoms with Crippen LogP contribution in [0.3, 0.4) is 0 Å². The van der Waals surface area contributed by atoms with Gasteiger partial charge in [0.15, 0.2) is 0 Å². The number of aliphatic hydroxyl groups excluding tert-OH is 5. The van der Waals surface area contributed by atoms with Crippen molar-refractivity contribution in [3.05, 3.63) is 12.2 Å². The van der Waals surface area contributed by atoms with Crippen molar-refractivity contribution in [1.82, 2.24) is 16.0 Å². The van der Waals surface area contributed by atoms with Gasteiger partial charge in [-0.2, -0.15) is 0 Å². The van der Waals surface area contributed by atoms with Crippen LogP contribution in [0.15, 0.2) is 12.2 Å². The molecule has 0 bridgehead atoms. The van der Waals surface area contributed by atoms with Gasteiger partial charge in [0.1, 0.15) is 18.3 Å². The molecule has 0 spiro atoms. The molecule has 2 amide bonds. The van der Waals surface area contributed by atoms with Gasteiger partial charge in [0.2, 0.25) is 11.8 Å². The van der Waals surface area contributed by atoms with Gasteiger partial charge in [-0.3, -0.25) is 9.59 Å². The third-order valence-electron chi connectivity index (χ3n) is 2.91. The highest BCUT2D eigenvalue weighted by Crippen LogP contribution is 2.04. The molecule has 134 valence electrons. The quantitative estimate of drug-likeness (QED) is 0.138. The fraction of sp³-hybridized carbons (Fsp3) is 0.692. The number of hydrogen-bond acceptors (Lipinski definition) is 8. The maximum Gasteiger partial charge on any atom is 0.244 e. The van der Waals surface area contributed by atoms with Crippen molar-refractivity contribution in [3.8, 4) is 0 Å². The van der Waals surface area contributed by atoms with Crippen molar-refractivity contribution in [3.63, 3.8) is 0 Å². The van der Waals surface area contributed by atoms with Crippen LogP contribution in [0.2, 0.25) is 0 Å². The van der Waals surface area contributed by atoms with Crippen molar-refractivity contribution in [2.75, 3.05) is 33.3 Å². The Balaban J connectivity index is 3.89. The number of rotatable bonds is 11. The third-order valence-corrected chi connectivity index (χ3v) is 2.91. The van der Waals surface area contributed by atoms with E-state index in [2.05, 4.69) is 16.0 Å². The molecule has 0 heterocycles. The van der Waals surface area contributed by atoms with Crippen LogP contribution in [-0.4, -0.2) is 95.1 Å². The molecule has 0 aliphatic rings. The summed E-state index contributed by atoms with van der Waals surface area (Å²) in [5.41, 5.74) is 0. The van der Waals surface area contributed by atoms with Crippen LogP contribution < -0.4 is 16.0 Å². The molecule has 0 unspecified atom stereocenters. The highest BCUT2D eigenvalue weighted by Gasteiger charge is 2.29. The first-order chi connectivity index (χ1) is 10.8. The molecule has 8 N–H and O–H groups in total. The second-order valence-corrected chi connectivity index (χ2v) is 4.74. The molecule has 10 nitrogen and oxygen atoms in total. The summed E-state index contributed by atoms with van der Waals surface area (Å²) < 4.78 is 0. The predicted molar refractivity (Wildman–Crippen MR) is 80.2 cm³/mol. The summed E-state index contributed by atoms with van der Waals surface area (Å²) in [6.45, 7) is -0.363. The second-order valence-electron chi connectivity index (χ2n) is 4.74. The van der Waals surface area contributed by atoms with E-state index in [4.69, 9.17) is 10.2 Å². The van der Waals surface area contributed by atoms with E-state index >= 15 is 0 Å². The zero-order chi connectivity index (χ0) is 17.8. The first-order valence-electron chi connectivity index (χ1n) is 7.05. The predicted octanol–water partition coefficient (Wildman–Crippen LogP) is -4.57. The van der Waals surface area contributed by atoms with Crippen LogP contribution in [-0.2, 0) is 9.59 Å². The molecular weight excluding hydrogens is 310 g/mol. The molecule has 0 aliphatic carbocycles. The summed E-state index contributed by atoms with van der Waals surface area (Å²) in [4.78, 5) is 22.1. The lowest BCUT2D eigenvalue weighted by Crippen LogP contribution is -2.49. The minimum Gasteiger partial charge on any atom is -0.394 e. The number of nitrogens with one attached hydrogen (secondary N) is 3. The summed E-state index contributed by atoms with van der Waals surface area (Å²) in [6, 6.07) is 0.